The summed E-state index contributed by atoms with van der Waals surface area (Å²) in [4.78, 5) is 22.7. The van der Waals surface area contributed by atoms with E-state index < -0.39 is 61.1 Å². The minimum absolute atomic E-state index is 0.180. The third kappa shape index (κ3) is 6.53. The van der Waals surface area contributed by atoms with Gasteiger partial charge in [-0.3, -0.25) is 14.7 Å². The van der Waals surface area contributed by atoms with Crippen LogP contribution in [-0.4, -0.2) is 51.1 Å². The SMILES string of the molecule is N[C@@H](COC(=O)Nc1cc(Cl)cc(S(=O)(=O)O)c1O)C(=O)NS(=O)(=O)c1ccccc1. The molecule has 0 aliphatic rings. The first-order valence-corrected chi connectivity index (χ1v) is 11.4. The van der Waals surface area contributed by atoms with Gasteiger partial charge in [0.05, 0.1) is 10.6 Å². The maximum absolute atomic E-state index is 12.1. The fourth-order valence-electron chi connectivity index (χ4n) is 2.12. The van der Waals surface area contributed by atoms with Crippen LogP contribution in [-0.2, 0) is 29.7 Å². The average molecular weight is 494 g/mol. The van der Waals surface area contributed by atoms with Crippen LogP contribution in [0.1, 0.15) is 0 Å². The summed E-state index contributed by atoms with van der Waals surface area (Å²) >= 11 is 5.68. The van der Waals surface area contributed by atoms with E-state index in [2.05, 4.69) is 4.74 Å². The molecule has 0 saturated carbocycles. The van der Waals surface area contributed by atoms with Crippen molar-refractivity contribution in [1.29, 1.82) is 0 Å². The molecule has 168 valence electrons. The normalized spacial score (nSPS) is 12.6. The number of anilines is 1. The number of ether oxygens (including phenoxy) is 1. The molecule has 0 radical (unpaired) electrons. The molecular weight excluding hydrogens is 478 g/mol. The summed E-state index contributed by atoms with van der Waals surface area (Å²) < 4.78 is 62.1. The van der Waals surface area contributed by atoms with Crippen molar-refractivity contribution in [1.82, 2.24) is 4.72 Å². The fraction of sp³-hybridized carbons (Fsp3) is 0.125. The number of aromatic hydroxyl groups is 1. The van der Waals surface area contributed by atoms with Crippen LogP contribution < -0.4 is 15.8 Å². The van der Waals surface area contributed by atoms with E-state index in [1.165, 1.54) is 24.3 Å². The summed E-state index contributed by atoms with van der Waals surface area (Å²) in [7, 11) is -9.03. The lowest BCUT2D eigenvalue weighted by atomic mass is 10.3. The Morgan fingerprint density at radius 3 is 2.32 bits per heavy atom. The van der Waals surface area contributed by atoms with E-state index in [1.54, 1.807) is 10.8 Å². The zero-order valence-corrected chi connectivity index (χ0v) is 17.7. The molecule has 0 aromatic heterocycles. The van der Waals surface area contributed by atoms with Crippen LogP contribution in [0, 0.1) is 0 Å². The number of nitrogens with two attached hydrogens (primary N) is 1. The van der Waals surface area contributed by atoms with Gasteiger partial charge >= 0.3 is 6.09 Å². The van der Waals surface area contributed by atoms with Gasteiger partial charge in [0.25, 0.3) is 26.0 Å². The predicted octanol–water partition coefficient (Wildman–Crippen LogP) is 0.673. The van der Waals surface area contributed by atoms with Crippen LogP contribution >= 0.6 is 11.6 Å². The van der Waals surface area contributed by atoms with Gasteiger partial charge in [-0.2, -0.15) is 8.42 Å². The Morgan fingerprint density at radius 1 is 1.13 bits per heavy atom. The lowest BCUT2D eigenvalue weighted by molar-refractivity contribution is -0.121. The number of hydrogen-bond acceptors (Lipinski definition) is 9. The van der Waals surface area contributed by atoms with Crippen molar-refractivity contribution in [2.24, 2.45) is 5.73 Å². The van der Waals surface area contributed by atoms with E-state index in [9.17, 15) is 31.5 Å². The number of benzene rings is 2. The zero-order valence-electron chi connectivity index (χ0n) is 15.3. The highest BCUT2D eigenvalue weighted by Crippen LogP contribution is 2.34. The summed E-state index contributed by atoms with van der Waals surface area (Å²) in [6.07, 6.45) is -1.28. The number of halogens is 1. The van der Waals surface area contributed by atoms with Crippen molar-refractivity contribution >= 4 is 49.4 Å². The molecule has 0 unspecified atom stereocenters. The van der Waals surface area contributed by atoms with Gasteiger partial charge in [-0.25, -0.2) is 17.9 Å². The topological polar surface area (TPSA) is 202 Å². The van der Waals surface area contributed by atoms with E-state index >= 15 is 0 Å². The lowest BCUT2D eigenvalue weighted by Crippen LogP contribution is -2.46. The zero-order chi connectivity index (χ0) is 23.4. The van der Waals surface area contributed by atoms with Gasteiger partial charge in [-0.1, -0.05) is 29.8 Å². The Bertz CT molecular complexity index is 1200. The van der Waals surface area contributed by atoms with Gasteiger partial charge in [0.15, 0.2) is 5.75 Å². The number of sulfonamides is 1. The number of amides is 2. The van der Waals surface area contributed by atoms with E-state index in [1.807, 2.05) is 5.32 Å². The highest BCUT2D eigenvalue weighted by atomic mass is 35.5. The van der Waals surface area contributed by atoms with Crippen LogP contribution in [0.4, 0.5) is 10.5 Å². The second kappa shape index (κ2) is 9.49. The van der Waals surface area contributed by atoms with Crippen molar-refractivity contribution in [2.75, 3.05) is 11.9 Å². The Hall–Kier alpha value is -2.91. The summed E-state index contributed by atoms with van der Waals surface area (Å²) in [5.41, 5.74) is 5.00. The summed E-state index contributed by atoms with van der Waals surface area (Å²) in [6, 6.07) is 7.12. The largest absolute Gasteiger partial charge is 0.504 e. The number of carbonyl (C=O) groups excluding carboxylic acids is 2. The van der Waals surface area contributed by atoms with Crippen molar-refractivity contribution in [3.8, 4) is 5.75 Å². The molecule has 0 saturated heterocycles. The predicted molar refractivity (Wildman–Crippen MR) is 108 cm³/mol. The molecule has 12 nitrogen and oxygen atoms in total. The van der Waals surface area contributed by atoms with E-state index in [4.69, 9.17) is 21.9 Å². The van der Waals surface area contributed by atoms with Crippen LogP contribution in [0.25, 0.3) is 0 Å². The van der Waals surface area contributed by atoms with Gasteiger partial charge < -0.3 is 15.6 Å². The van der Waals surface area contributed by atoms with Crippen LogP contribution in [0.3, 0.4) is 0 Å². The maximum atomic E-state index is 12.1. The smallest absolute Gasteiger partial charge is 0.411 e. The highest BCUT2D eigenvalue weighted by Gasteiger charge is 2.24. The number of hydrogen-bond donors (Lipinski definition) is 5. The van der Waals surface area contributed by atoms with Crippen LogP contribution in [0.5, 0.6) is 5.75 Å². The number of rotatable bonds is 7. The van der Waals surface area contributed by atoms with Crippen molar-refractivity contribution in [3.63, 3.8) is 0 Å². The molecule has 0 aliphatic carbocycles. The lowest BCUT2D eigenvalue weighted by Gasteiger charge is -2.14. The Kier molecular flexibility index (Phi) is 7.45. The second-order valence-electron chi connectivity index (χ2n) is 5.89. The first-order valence-electron chi connectivity index (χ1n) is 8.12. The Labute approximate surface area is 181 Å². The molecule has 6 N–H and O–H groups in total. The van der Waals surface area contributed by atoms with E-state index in [0.717, 1.165) is 12.1 Å². The Balaban J connectivity index is 2.00. The van der Waals surface area contributed by atoms with Crippen LogP contribution in [0.15, 0.2) is 52.3 Å². The molecule has 0 spiro atoms. The van der Waals surface area contributed by atoms with Gasteiger partial charge in [0.2, 0.25) is 0 Å². The minimum atomic E-state index is -4.85. The first kappa shape index (κ1) is 24.4. The monoisotopic (exact) mass is 493 g/mol. The Morgan fingerprint density at radius 2 is 1.74 bits per heavy atom. The highest BCUT2D eigenvalue weighted by molar-refractivity contribution is 7.90. The average Bonchev–Trinajstić information content (AvgIpc) is 2.68. The molecule has 2 rings (SSSR count). The number of phenolic OH excluding ortho intramolecular Hbond substituents is 1. The fourth-order valence-corrected chi connectivity index (χ4v) is 4.08. The molecular formula is C16H16ClN3O9S2. The maximum Gasteiger partial charge on any atom is 0.411 e. The third-order valence-corrected chi connectivity index (χ3v) is 6.02. The summed E-state index contributed by atoms with van der Waals surface area (Å²) in [5, 5.41) is 11.6. The van der Waals surface area contributed by atoms with Crippen molar-refractivity contribution in [3.05, 3.63) is 47.5 Å². The number of carbonyl (C=O) groups is 2. The first-order chi connectivity index (χ1) is 14.3. The van der Waals surface area contributed by atoms with Crippen molar-refractivity contribution in [2.45, 2.75) is 15.8 Å². The van der Waals surface area contributed by atoms with Crippen molar-refractivity contribution < 1.29 is 40.8 Å². The molecule has 2 aromatic rings. The molecule has 0 fully saturated rings. The molecule has 1 atom stereocenters. The molecule has 2 aromatic carbocycles. The number of phenols is 1. The molecule has 2 amide bonds. The third-order valence-electron chi connectivity index (χ3n) is 3.57. The standard InChI is InChI=1S/C16H16ClN3O9S2/c17-9-6-12(14(21)13(7-9)31(26,27)28)19-16(23)29-8-11(18)15(22)20-30(24,25)10-4-2-1-3-5-10/h1-7,11,21H,8,18H2,(H,19,23)(H,20,22)(H,26,27,28)/t11-/m0/s1. The molecule has 15 heteroatoms. The molecule has 0 bridgehead atoms. The minimum Gasteiger partial charge on any atom is -0.504 e. The van der Waals surface area contributed by atoms with E-state index in [0.29, 0.717) is 0 Å². The molecule has 0 aliphatic heterocycles. The van der Waals surface area contributed by atoms with E-state index in [-0.39, 0.29) is 9.92 Å². The quantitative estimate of drug-likeness (QED) is 0.269. The molecule has 31 heavy (non-hydrogen) atoms. The summed E-state index contributed by atoms with van der Waals surface area (Å²) in [6.45, 7) is -0.769. The van der Waals surface area contributed by atoms with Crippen LogP contribution in [0.2, 0.25) is 5.02 Å². The van der Waals surface area contributed by atoms with Gasteiger partial charge in [-0.15, -0.1) is 0 Å². The number of nitrogens with one attached hydrogen (secondary N) is 2. The van der Waals surface area contributed by atoms with Gasteiger partial charge in [-0.05, 0) is 24.3 Å². The van der Waals surface area contributed by atoms with Gasteiger partial charge in [0.1, 0.15) is 17.5 Å². The molecule has 0 heterocycles. The second-order valence-corrected chi connectivity index (χ2v) is 9.40. The summed E-state index contributed by atoms with van der Waals surface area (Å²) in [5.74, 6) is -2.17. The van der Waals surface area contributed by atoms with Gasteiger partial charge in [0, 0.05) is 5.02 Å².